The van der Waals surface area contributed by atoms with Crippen molar-refractivity contribution in [1.82, 2.24) is 4.31 Å². The van der Waals surface area contributed by atoms with Gasteiger partial charge in [0, 0.05) is 14.1 Å². The number of nitrogens with one attached hydrogen (secondary N) is 1. The van der Waals surface area contributed by atoms with Gasteiger partial charge in [-0.1, -0.05) is 30.3 Å². The van der Waals surface area contributed by atoms with E-state index in [2.05, 4.69) is 4.72 Å². The lowest BCUT2D eigenvalue weighted by atomic mass is 10.2. The first-order valence-electron chi connectivity index (χ1n) is 7.13. The third kappa shape index (κ3) is 4.81. The Balaban J connectivity index is 2.32. The zero-order valence-corrected chi connectivity index (χ0v) is 15.3. The van der Waals surface area contributed by atoms with Crippen molar-refractivity contribution in [2.24, 2.45) is 0 Å². The molecule has 0 bridgehead atoms. The zero-order chi connectivity index (χ0) is 18.7. The van der Waals surface area contributed by atoms with Gasteiger partial charge in [0.05, 0.1) is 16.0 Å². The van der Waals surface area contributed by atoms with Gasteiger partial charge in [0.25, 0.3) is 10.0 Å². The van der Waals surface area contributed by atoms with Crippen molar-refractivity contribution >= 4 is 31.8 Å². The molecule has 0 fully saturated rings. The highest BCUT2D eigenvalue weighted by molar-refractivity contribution is 7.95. The Bertz CT molecular complexity index is 982. The van der Waals surface area contributed by atoms with Crippen LogP contribution in [-0.4, -0.2) is 40.3 Å². The van der Waals surface area contributed by atoms with Crippen molar-refractivity contribution in [3.8, 4) is 5.75 Å². The second kappa shape index (κ2) is 7.26. The summed E-state index contributed by atoms with van der Waals surface area (Å²) in [4.78, 5) is -0.139. The fourth-order valence-corrected chi connectivity index (χ4v) is 3.69. The maximum absolute atomic E-state index is 12.2. The zero-order valence-electron chi connectivity index (χ0n) is 13.6. The van der Waals surface area contributed by atoms with E-state index in [0.717, 1.165) is 21.8 Å². The molecule has 0 amide bonds. The molecule has 2 rings (SSSR count). The molecule has 0 aliphatic rings. The minimum absolute atomic E-state index is 0.139. The second-order valence-corrected chi connectivity index (χ2v) is 9.05. The predicted molar refractivity (Wildman–Crippen MR) is 97.0 cm³/mol. The Kier molecular flexibility index (Phi) is 5.51. The first-order valence-corrected chi connectivity index (χ1v) is 10.1. The molecule has 0 spiro atoms. The Morgan fingerprint density at radius 3 is 2.24 bits per heavy atom. The number of hydrogen-bond donors (Lipinski definition) is 2. The van der Waals surface area contributed by atoms with Crippen LogP contribution in [0.1, 0.15) is 5.56 Å². The first-order chi connectivity index (χ1) is 11.6. The molecule has 0 atom stereocenters. The normalized spacial score (nSPS) is 12.6. The predicted octanol–water partition coefficient (Wildman–Crippen LogP) is 2.06. The Morgan fingerprint density at radius 1 is 1.00 bits per heavy atom. The van der Waals surface area contributed by atoms with E-state index in [9.17, 15) is 21.9 Å². The lowest BCUT2D eigenvalue weighted by Gasteiger charge is -2.13. The molecule has 0 aliphatic heterocycles. The van der Waals surface area contributed by atoms with Crippen LogP contribution < -0.4 is 4.72 Å². The summed E-state index contributed by atoms with van der Waals surface area (Å²) in [5, 5.41) is 10.8. The number of nitrogens with zero attached hydrogens (tertiary/aromatic N) is 1. The van der Waals surface area contributed by atoms with E-state index in [4.69, 9.17) is 0 Å². The molecule has 9 heteroatoms. The van der Waals surface area contributed by atoms with E-state index in [0.29, 0.717) is 5.56 Å². The standard InChI is InChI=1S/C16H18N2O5S2/c1-18(2)25(22,23)14-8-9-16(19)15(12-14)17-24(20,21)11-10-13-6-4-3-5-7-13/h3-12,17,19H,1-2H3. The molecule has 25 heavy (non-hydrogen) atoms. The van der Waals surface area contributed by atoms with Crippen molar-refractivity contribution < 1.29 is 21.9 Å². The van der Waals surface area contributed by atoms with Crippen molar-refractivity contribution in [2.45, 2.75) is 4.90 Å². The third-order valence-corrected chi connectivity index (χ3v) is 6.05. The topological polar surface area (TPSA) is 104 Å². The van der Waals surface area contributed by atoms with Crippen LogP contribution in [0, 0.1) is 0 Å². The van der Waals surface area contributed by atoms with Gasteiger partial charge in [-0.2, -0.15) is 0 Å². The van der Waals surface area contributed by atoms with E-state index in [1.807, 2.05) is 0 Å². The molecular formula is C16H18N2O5S2. The molecule has 2 N–H and O–H groups in total. The summed E-state index contributed by atoms with van der Waals surface area (Å²) in [6, 6.07) is 12.2. The molecule has 134 valence electrons. The summed E-state index contributed by atoms with van der Waals surface area (Å²) in [6.07, 6.45) is 1.39. The SMILES string of the molecule is CN(C)S(=O)(=O)c1ccc(O)c(NS(=O)(=O)C=Cc2ccccc2)c1. The van der Waals surface area contributed by atoms with Gasteiger partial charge in [0.1, 0.15) is 5.75 Å². The van der Waals surface area contributed by atoms with E-state index in [1.165, 1.54) is 26.2 Å². The Morgan fingerprint density at radius 2 is 1.64 bits per heavy atom. The Labute approximate surface area is 147 Å². The quantitative estimate of drug-likeness (QED) is 0.744. The van der Waals surface area contributed by atoms with Crippen LogP contribution in [0.25, 0.3) is 6.08 Å². The number of rotatable bonds is 6. The number of hydrogen-bond acceptors (Lipinski definition) is 5. The minimum atomic E-state index is -3.94. The molecule has 7 nitrogen and oxygen atoms in total. The Hall–Kier alpha value is -2.36. The van der Waals surface area contributed by atoms with Crippen LogP contribution >= 0.6 is 0 Å². The smallest absolute Gasteiger partial charge is 0.255 e. The van der Waals surface area contributed by atoms with Crippen LogP contribution in [0.2, 0.25) is 0 Å². The molecule has 0 aromatic heterocycles. The van der Waals surface area contributed by atoms with E-state index >= 15 is 0 Å². The highest BCUT2D eigenvalue weighted by atomic mass is 32.2. The average Bonchev–Trinajstić information content (AvgIpc) is 2.55. The monoisotopic (exact) mass is 382 g/mol. The minimum Gasteiger partial charge on any atom is -0.506 e. The largest absolute Gasteiger partial charge is 0.506 e. The summed E-state index contributed by atoms with van der Waals surface area (Å²) in [7, 11) is -4.98. The molecule has 0 radical (unpaired) electrons. The van der Waals surface area contributed by atoms with Crippen LogP contribution in [-0.2, 0) is 20.0 Å². The average molecular weight is 382 g/mol. The summed E-state index contributed by atoms with van der Waals surface area (Å²) in [6.45, 7) is 0. The van der Waals surface area contributed by atoms with Crippen molar-refractivity contribution in [2.75, 3.05) is 18.8 Å². The van der Waals surface area contributed by atoms with E-state index in [-0.39, 0.29) is 16.3 Å². The lowest BCUT2D eigenvalue weighted by Crippen LogP contribution is -2.22. The van der Waals surface area contributed by atoms with Crippen molar-refractivity contribution in [3.05, 3.63) is 59.5 Å². The summed E-state index contributed by atoms with van der Waals surface area (Å²) in [5.74, 6) is -0.380. The second-order valence-electron chi connectivity index (χ2n) is 5.33. The fourth-order valence-electron chi connectivity index (χ4n) is 1.89. The van der Waals surface area contributed by atoms with Gasteiger partial charge in [0.2, 0.25) is 10.0 Å². The summed E-state index contributed by atoms with van der Waals surface area (Å²) >= 11 is 0. The third-order valence-electron chi connectivity index (χ3n) is 3.24. The van der Waals surface area contributed by atoms with Crippen LogP contribution in [0.4, 0.5) is 5.69 Å². The van der Waals surface area contributed by atoms with Gasteiger partial charge < -0.3 is 5.11 Å². The van der Waals surface area contributed by atoms with Gasteiger partial charge in [-0.3, -0.25) is 4.72 Å². The fraction of sp³-hybridized carbons (Fsp3) is 0.125. The number of sulfonamides is 2. The van der Waals surface area contributed by atoms with Gasteiger partial charge in [-0.15, -0.1) is 0 Å². The molecule has 2 aromatic carbocycles. The maximum atomic E-state index is 12.2. The molecule has 2 aromatic rings. The maximum Gasteiger partial charge on any atom is 0.255 e. The van der Waals surface area contributed by atoms with Crippen LogP contribution in [0.15, 0.2) is 58.8 Å². The van der Waals surface area contributed by atoms with Crippen molar-refractivity contribution in [1.29, 1.82) is 0 Å². The lowest BCUT2D eigenvalue weighted by molar-refractivity contribution is 0.477. The van der Waals surface area contributed by atoms with Crippen LogP contribution in [0.5, 0.6) is 5.75 Å². The molecule has 0 saturated carbocycles. The number of aromatic hydroxyl groups is 1. The highest BCUT2D eigenvalue weighted by Gasteiger charge is 2.20. The van der Waals surface area contributed by atoms with E-state index < -0.39 is 20.0 Å². The number of benzene rings is 2. The molecular weight excluding hydrogens is 364 g/mol. The molecule has 0 aliphatic carbocycles. The van der Waals surface area contributed by atoms with Crippen molar-refractivity contribution in [3.63, 3.8) is 0 Å². The number of anilines is 1. The van der Waals surface area contributed by atoms with E-state index in [1.54, 1.807) is 30.3 Å². The first kappa shape index (κ1) is 19.0. The molecule has 0 saturated heterocycles. The van der Waals surface area contributed by atoms with Gasteiger partial charge >= 0.3 is 0 Å². The molecule has 0 unspecified atom stereocenters. The van der Waals surface area contributed by atoms with Crippen LogP contribution in [0.3, 0.4) is 0 Å². The summed E-state index contributed by atoms with van der Waals surface area (Å²) < 4.78 is 51.7. The summed E-state index contributed by atoms with van der Waals surface area (Å²) in [5.41, 5.74) is 0.460. The number of phenols is 1. The highest BCUT2D eigenvalue weighted by Crippen LogP contribution is 2.28. The number of phenolic OH excluding ortho intramolecular Hbond substituents is 1. The van der Waals surface area contributed by atoms with Gasteiger partial charge in [-0.25, -0.2) is 21.1 Å². The van der Waals surface area contributed by atoms with Gasteiger partial charge in [-0.05, 0) is 29.8 Å². The molecule has 0 heterocycles. The van der Waals surface area contributed by atoms with Gasteiger partial charge in [0.15, 0.2) is 0 Å².